The molecule has 0 aliphatic rings. The fourth-order valence-electron chi connectivity index (χ4n) is 3.57. The molecule has 4 rings (SSSR count). The van der Waals surface area contributed by atoms with Crippen LogP contribution in [0.5, 0.6) is 11.5 Å². The number of rotatable bonds is 9. The number of ether oxygens (including phenoxy) is 2. The first-order valence-electron chi connectivity index (χ1n) is 10.9. The fourth-order valence-corrected chi connectivity index (χ4v) is 5.66. The molecule has 11 nitrogen and oxygen atoms in total. The second-order valence-corrected chi connectivity index (χ2v) is 11.4. The van der Waals surface area contributed by atoms with Gasteiger partial charge in [-0.15, -0.1) is 21.5 Å². The first kappa shape index (κ1) is 25.7. The molecule has 1 aromatic carbocycles. The maximum absolute atomic E-state index is 13.5. The summed E-state index contributed by atoms with van der Waals surface area (Å²) in [6.45, 7) is 5.07. The van der Waals surface area contributed by atoms with Crippen LogP contribution >= 0.6 is 11.3 Å². The van der Waals surface area contributed by atoms with Gasteiger partial charge in [-0.3, -0.25) is 4.57 Å². The number of aliphatic hydroxyl groups excluding tert-OH is 1. The zero-order valence-corrected chi connectivity index (χ0v) is 22.0. The number of nitrogens with zero attached hydrogens (tertiary/aromatic N) is 6. The minimum absolute atomic E-state index is 0.0310. The molecule has 0 amide bonds. The Kier molecular flexibility index (Phi) is 7.33. The Hall–Kier alpha value is -3.42. The normalized spacial score (nSPS) is 13.4. The summed E-state index contributed by atoms with van der Waals surface area (Å²) in [4.78, 5) is 12.7. The molecule has 13 heteroatoms. The van der Waals surface area contributed by atoms with Crippen LogP contribution in [0.3, 0.4) is 0 Å². The molecular formula is C23H26N6O5S2. The number of thiazole rings is 1. The van der Waals surface area contributed by atoms with Crippen LogP contribution in [0.1, 0.15) is 35.9 Å². The summed E-state index contributed by atoms with van der Waals surface area (Å²) in [6, 6.07) is 5.22. The molecule has 0 saturated carbocycles. The molecule has 3 heterocycles. The molecule has 3 aromatic heterocycles. The van der Waals surface area contributed by atoms with Gasteiger partial charge in [-0.1, -0.05) is 6.07 Å². The van der Waals surface area contributed by atoms with Gasteiger partial charge in [0.1, 0.15) is 29.0 Å². The Morgan fingerprint density at radius 1 is 1.08 bits per heavy atom. The van der Waals surface area contributed by atoms with Gasteiger partial charge in [-0.2, -0.15) is 0 Å². The van der Waals surface area contributed by atoms with E-state index in [9.17, 15) is 13.5 Å². The lowest BCUT2D eigenvalue weighted by Gasteiger charge is -2.20. The van der Waals surface area contributed by atoms with Crippen LogP contribution < -0.4 is 9.47 Å². The van der Waals surface area contributed by atoms with Crippen molar-refractivity contribution in [1.29, 1.82) is 0 Å². The van der Waals surface area contributed by atoms with E-state index < -0.39 is 26.9 Å². The number of aromatic nitrogens is 6. The Morgan fingerprint density at radius 3 is 2.28 bits per heavy atom. The maximum atomic E-state index is 13.5. The number of benzene rings is 1. The molecule has 2 atom stereocenters. The second kappa shape index (κ2) is 10.3. The van der Waals surface area contributed by atoms with Gasteiger partial charge in [0.15, 0.2) is 32.3 Å². The second-order valence-electron chi connectivity index (χ2n) is 8.16. The van der Waals surface area contributed by atoms with Crippen LogP contribution in [-0.2, 0) is 15.6 Å². The summed E-state index contributed by atoms with van der Waals surface area (Å²) in [7, 11) is -0.944. The summed E-state index contributed by atoms with van der Waals surface area (Å²) in [5.74, 6) is 0.839. The third-order valence-corrected chi connectivity index (χ3v) is 8.58. The smallest absolute Gasteiger partial charge is 0.197 e. The highest BCUT2D eigenvalue weighted by atomic mass is 32.2. The van der Waals surface area contributed by atoms with E-state index in [4.69, 9.17) is 9.47 Å². The highest BCUT2D eigenvalue weighted by Crippen LogP contribution is 2.37. The average Bonchev–Trinajstić information content (AvgIpc) is 3.48. The average molecular weight is 531 g/mol. The van der Waals surface area contributed by atoms with Gasteiger partial charge in [0.05, 0.1) is 19.5 Å². The van der Waals surface area contributed by atoms with Gasteiger partial charge in [0, 0.05) is 23.5 Å². The fraction of sp³-hybridized carbons (Fsp3) is 0.348. The van der Waals surface area contributed by atoms with Gasteiger partial charge in [-0.25, -0.2) is 23.4 Å². The van der Waals surface area contributed by atoms with Crippen LogP contribution in [-0.4, -0.2) is 62.7 Å². The topological polar surface area (TPSA) is 142 Å². The molecule has 0 radical (unpaired) electrons. The third-order valence-electron chi connectivity index (χ3n) is 5.57. The molecule has 190 valence electrons. The molecule has 0 fully saturated rings. The quantitative estimate of drug-likeness (QED) is 0.343. The number of para-hydroxylation sites is 1. The summed E-state index contributed by atoms with van der Waals surface area (Å²) >= 11 is 1.36. The van der Waals surface area contributed by atoms with E-state index in [1.54, 1.807) is 29.7 Å². The molecule has 0 saturated heterocycles. The van der Waals surface area contributed by atoms with Crippen molar-refractivity contribution in [3.8, 4) is 28.0 Å². The zero-order chi connectivity index (χ0) is 26.0. The van der Waals surface area contributed by atoms with Gasteiger partial charge >= 0.3 is 0 Å². The van der Waals surface area contributed by atoms with E-state index in [1.807, 2.05) is 12.3 Å². The highest BCUT2D eigenvalue weighted by molar-refractivity contribution is 7.91. The van der Waals surface area contributed by atoms with Gasteiger partial charge in [0.25, 0.3) is 0 Å². The van der Waals surface area contributed by atoms with Crippen molar-refractivity contribution >= 4 is 21.2 Å². The number of hydrogen-bond acceptors (Lipinski definition) is 11. The minimum atomic E-state index is -3.96. The number of aliphatic hydroxyl groups is 1. The van der Waals surface area contributed by atoms with Crippen LogP contribution in [0, 0.1) is 13.8 Å². The summed E-state index contributed by atoms with van der Waals surface area (Å²) in [5, 5.41) is 20.4. The summed E-state index contributed by atoms with van der Waals surface area (Å²) in [5.41, 5.74) is 2.03. The lowest BCUT2D eigenvalue weighted by molar-refractivity contribution is 0.166. The lowest BCUT2D eigenvalue weighted by atomic mass is 10.2. The predicted octanol–water partition coefficient (Wildman–Crippen LogP) is 2.85. The van der Waals surface area contributed by atoms with Gasteiger partial charge < -0.3 is 14.6 Å². The van der Waals surface area contributed by atoms with Gasteiger partial charge in [0.2, 0.25) is 0 Å². The highest BCUT2D eigenvalue weighted by Gasteiger charge is 2.34. The van der Waals surface area contributed by atoms with Crippen molar-refractivity contribution in [3.63, 3.8) is 0 Å². The SMILES string of the molecule is COc1cccc(OC)c1-n1c(CS(=O)(=O)[C@@H](C)[C@H](O)c2ncc(C)cn2)nnc1-c1nc(C)cs1. The minimum Gasteiger partial charge on any atom is -0.494 e. The van der Waals surface area contributed by atoms with Crippen molar-refractivity contribution in [2.45, 2.75) is 37.9 Å². The largest absolute Gasteiger partial charge is 0.494 e. The summed E-state index contributed by atoms with van der Waals surface area (Å²) < 4.78 is 39.6. The van der Waals surface area contributed by atoms with E-state index in [2.05, 4.69) is 25.1 Å². The molecule has 0 bridgehead atoms. The van der Waals surface area contributed by atoms with Crippen molar-refractivity contribution in [2.24, 2.45) is 0 Å². The number of sulfone groups is 1. The maximum Gasteiger partial charge on any atom is 0.197 e. The van der Waals surface area contributed by atoms with E-state index >= 15 is 0 Å². The van der Waals surface area contributed by atoms with Crippen molar-refractivity contribution in [3.05, 3.63) is 58.9 Å². The first-order chi connectivity index (χ1) is 17.2. The molecule has 0 unspecified atom stereocenters. The van der Waals surface area contributed by atoms with Crippen LogP contribution in [0.25, 0.3) is 16.5 Å². The monoisotopic (exact) mass is 530 g/mol. The van der Waals surface area contributed by atoms with E-state index in [0.29, 0.717) is 28.0 Å². The summed E-state index contributed by atoms with van der Waals surface area (Å²) in [6.07, 6.45) is 1.63. The molecule has 0 aliphatic heterocycles. The van der Waals surface area contributed by atoms with E-state index in [0.717, 1.165) is 11.3 Å². The van der Waals surface area contributed by atoms with Crippen LogP contribution in [0.2, 0.25) is 0 Å². The predicted molar refractivity (Wildman–Crippen MR) is 134 cm³/mol. The molecule has 36 heavy (non-hydrogen) atoms. The Bertz CT molecular complexity index is 1440. The first-order valence-corrected chi connectivity index (χ1v) is 13.5. The molecule has 0 spiro atoms. The zero-order valence-electron chi connectivity index (χ0n) is 20.4. The molecular weight excluding hydrogens is 504 g/mol. The Morgan fingerprint density at radius 2 is 1.72 bits per heavy atom. The van der Waals surface area contributed by atoms with Crippen molar-refractivity contribution in [2.75, 3.05) is 14.2 Å². The number of methoxy groups -OCH3 is 2. The third kappa shape index (κ3) is 4.94. The molecule has 0 aliphatic carbocycles. The van der Waals surface area contributed by atoms with Crippen molar-refractivity contribution < 1.29 is 23.0 Å². The standard InChI is InChI=1S/C23H26N6O5S2/c1-13-9-24-21(25-10-13)20(30)15(3)36(31,32)12-18-27-28-22(23-26-14(2)11-35-23)29(18)19-16(33-4)7-6-8-17(19)34-5/h6-11,15,20,30H,12H2,1-5H3/t15-,20-/m0/s1. The van der Waals surface area contributed by atoms with Crippen molar-refractivity contribution in [1.82, 2.24) is 29.7 Å². The Labute approximate surface area is 212 Å². The van der Waals surface area contributed by atoms with E-state index in [-0.39, 0.29) is 11.6 Å². The number of aryl methyl sites for hydroxylation is 2. The number of hydrogen-bond donors (Lipinski definition) is 1. The molecule has 4 aromatic rings. The van der Waals surface area contributed by atoms with Crippen LogP contribution in [0.4, 0.5) is 0 Å². The van der Waals surface area contributed by atoms with Gasteiger partial charge in [-0.05, 0) is 38.5 Å². The Balaban J connectivity index is 1.81. The lowest BCUT2D eigenvalue weighted by Crippen LogP contribution is -2.29. The molecule has 1 N–H and O–H groups in total. The van der Waals surface area contributed by atoms with E-state index in [1.165, 1.54) is 44.9 Å². The van der Waals surface area contributed by atoms with Crippen LogP contribution in [0.15, 0.2) is 36.0 Å².